The fourth-order valence-electron chi connectivity index (χ4n) is 1.25. The molecule has 88 valence electrons. The molecule has 1 heterocycles. The summed E-state index contributed by atoms with van der Waals surface area (Å²) >= 11 is 5.71. The summed E-state index contributed by atoms with van der Waals surface area (Å²) in [4.78, 5) is 22.2. The minimum Gasteiger partial charge on any atom is -0.321 e. The van der Waals surface area contributed by atoms with E-state index in [0.29, 0.717) is 10.7 Å². The maximum absolute atomic E-state index is 11.5. The van der Waals surface area contributed by atoms with Gasteiger partial charge in [-0.05, 0) is 29.5 Å². The van der Waals surface area contributed by atoms with E-state index in [0.717, 1.165) is 6.20 Å². The molecule has 0 aliphatic heterocycles. The molecule has 0 spiro atoms. The lowest BCUT2D eigenvalue weighted by Gasteiger charge is -2.01. The minimum absolute atomic E-state index is 0.0334. The van der Waals surface area contributed by atoms with Crippen LogP contribution in [-0.2, 0) is 11.3 Å². The Bertz CT molecular complexity index is 573. The van der Waals surface area contributed by atoms with Crippen molar-refractivity contribution in [2.45, 2.75) is 6.54 Å². The molecule has 7 heteroatoms. The average molecular weight is 255 g/mol. The summed E-state index contributed by atoms with van der Waals surface area (Å²) < 4.78 is 5.66. The molecule has 0 saturated carbocycles. The zero-order chi connectivity index (χ0) is 12.3. The number of nitrogens with one attached hydrogen (secondary N) is 2. The Morgan fingerprint density at radius 1 is 1.41 bits per heavy atom. The Kier molecular flexibility index (Phi) is 3.24. The lowest BCUT2D eigenvalue weighted by Crippen LogP contribution is -2.41. The highest BCUT2D eigenvalue weighted by atomic mass is 35.5. The van der Waals surface area contributed by atoms with E-state index in [2.05, 4.69) is 15.1 Å². The molecule has 1 aromatic heterocycles. The fraction of sp³-hybridized carbons (Fsp3) is 0.100. The van der Waals surface area contributed by atoms with Crippen molar-refractivity contribution < 1.29 is 14.0 Å². The number of amides is 1. The first kappa shape index (κ1) is 11.4. The van der Waals surface area contributed by atoms with Gasteiger partial charge in [-0.3, -0.25) is 9.32 Å². The lowest BCUT2D eigenvalue weighted by molar-refractivity contribution is -0.750. The number of anilines is 1. The van der Waals surface area contributed by atoms with Crippen LogP contribution in [-0.4, -0.2) is 11.2 Å². The highest BCUT2D eigenvalue weighted by molar-refractivity contribution is 6.30. The molecule has 2 rings (SSSR count). The quantitative estimate of drug-likeness (QED) is 0.785. The third-order valence-electron chi connectivity index (χ3n) is 1.97. The van der Waals surface area contributed by atoms with Crippen molar-refractivity contribution in [3.05, 3.63) is 45.9 Å². The predicted octanol–water partition coefficient (Wildman–Crippen LogP) is 0.547. The van der Waals surface area contributed by atoms with Crippen molar-refractivity contribution in [2.75, 3.05) is 5.32 Å². The number of aromatic amines is 1. The summed E-state index contributed by atoms with van der Waals surface area (Å²) in [6, 6.07) is 6.71. The lowest BCUT2D eigenvalue weighted by atomic mass is 10.3. The zero-order valence-electron chi connectivity index (χ0n) is 8.64. The van der Waals surface area contributed by atoms with Gasteiger partial charge < -0.3 is 5.32 Å². The first-order valence-electron chi connectivity index (χ1n) is 4.77. The van der Waals surface area contributed by atoms with Gasteiger partial charge in [0.2, 0.25) is 0 Å². The van der Waals surface area contributed by atoms with E-state index in [1.165, 1.54) is 4.68 Å². The first-order valence-corrected chi connectivity index (χ1v) is 5.15. The van der Waals surface area contributed by atoms with Gasteiger partial charge in [-0.25, -0.2) is 4.79 Å². The van der Waals surface area contributed by atoms with E-state index in [4.69, 9.17) is 11.6 Å². The Labute approximate surface area is 101 Å². The molecule has 17 heavy (non-hydrogen) atoms. The van der Waals surface area contributed by atoms with Gasteiger partial charge in [0.1, 0.15) is 0 Å². The van der Waals surface area contributed by atoms with E-state index in [-0.39, 0.29) is 12.5 Å². The summed E-state index contributed by atoms with van der Waals surface area (Å²) in [6.07, 6.45) is 1.15. The molecule has 0 saturated heterocycles. The molecule has 1 aromatic carbocycles. The van der Waals surface area contributed by atoms with Crippen LogP contribution in [0, 0.1) is 0 Å². The number of rotatable bonds is 3. The second-order valence-electron chi connectivity index (χ2n) is 3.32. The molecule has 0 bridgehead atoms. The molecule has 6 nitrogen and oxygen atoms in total. The van der Waals surface area contributed by atoms with E-state index in [9.17, 15) is 9.59 Å². The monoisotopic (exact) mass is 254 g/mol. The second kappa shape index (κ2) is 4.84. The number of benzene rings is 1. The highest BCUT2D eigenvalue weighted by Crippen LogP contribution is 2.12. The average Bonchev–Trinajstić information content (AvgIpc) is 2.67. The van der Waals surface area contributed by atoms with E-state index >= 15 is 0 Å². The van der Waals surface area contributed by atoms with Crippen molar-refractivity contribution in [2.24, 2.45) is 0 Å². The number of nitrogens with zero attached hydrogens (tertiary/aromatic N) is 1. The van der Waals surface area contributed by atoms with Gasteiger partial charge in [-0.1, -0.05) is 16.3 Å². The van der Waals surface area contributed by atoms with Crippen LogP contribution in [0.15, 0.2) is 39.8 Å². The van der Waals surface area contributed by atoms with Crippen LogP contribution < -0.4 is 15.6 Å². The van der Waals surface area contributed by atoms with Crippen LogP contribution in [0.1, 0.15) is 0 Å². The second-order valence-corrected chi connectivity index (χ2v) is 3.76. The number of carbonyl (C=O) groups excluding carboxylic acids is 1. The smallest absolute Gasteiger partial charge is 0.321 e. The van der Waals surface area contributed by atoms with Crippen molar-refractivity contribution in [3.8, 4) is 0 Å². The van der Waals surface area contributed by atoms with Crippen LogP contribution in [0.4, 0.5) is 5.69 Å². The maximum Gasteiger partial charge on any atom is 0.426 e. The van der Waals surface area contributed by atoms with Crippen molar-refractivity contribution >= 4 is 23.2 Å². The number of hydrogen-bond donors (Lipinski definition) is 2. The summed E-state index contributed by atoms with van der Waals surface area (Å²) in [5.41, 5.74) is 0.0927. The van der Waals surface area contributed by atoms with Gasteiger partial charge in [0.25, 0.3) is 18.6 Å². The maximum atomic E-state index is 11.5. The van der Waals surface area contributed by atoms with Gasteiger partial charge in [-0.15, -0.1) is 0 Å². The summed E-state index contributed by atoms with van der Waals surface area (Å²) in [5.74, 6) is -0.283. The van der Waals surface area contributed by atoms with E-state index < -0.39 is 5.63 Å². The van der Waals surface area contributed by atoms with Gasteiger partial charge >= 0.3 is 5.63 Å². The van der Waals surface area contributed by atoms with Crippen LogP contribution in [0.5, 0.6) is 0 Å². The minimum atomic E-state index is -0.538. The normalized spacial score (nSPS) is 10.2. The Hall–Kier alpha value is -2.08. The molecule has 0 aliphatic carbocycles. The summed E-state index contributed by atoms with van der Waals surface area (Å²) in [5, 5.41) is 5.52. The zero-order valence-corrected chi connectivity index (χ0v) is 9.40. The SMILES string of the molecule is O=C(C[n+]1cc(=O)o[nH]1)Nc1ccc(Cl)cc1. The molecule has 1 amide bonds. The topological polar surface area (TPSA) is 79.0 Å². The molecule has 2 N–H and O–H groups in total. The molecule has 0 radical (unpaired) electrons. The Morgan fingerprint density at radius 3 is 2.71 bits per heavy atom. The number of carbonyl (C=O) groups is 1. The molecule has 0 aliphatic rings. The van der Waals surface area contributed by atoms with Crippen LogP contribution in [0.2, 0.25) is 5.02 Å². The standard InChI is InChI=1S/C10H8ClN3O3/c11-7-1-3-8(4-2-7)12-9(15)5-14-6-10(16)17-13-14/h1-4,6H,5H2,(H-,12,13,15,16)/p+1. The van der Waals surface area contributed by atoms with E-state index in [1.54, 1.807) is 24.3 Å². The third kappa shape index (κ3) is 3.18. The molecule has 0 atom stereocenters. The van der Waals surface area contributed by atoms with Gasteiger partial charge in [0.05, 0.1) is 0 Å². The molecular formula is C10H9ClN3O3+. The molecular weight excluding hydrogens is 246 g/mol. The van der Waals surface area contributed by atoms with Crippen LogP contribution in [0.25, 0.3) is 0 Å². The summed E-state index contributed by atoms with van der Waals surface area (Å²) in [7, 11) is 0. The fourth-order valence-corrected chi connectivity index (χ4v) is 1.38. The largest absolute Gasteiger partial charge is 0.426 e. The van der Waals surface area contributed by atoms with Crippen LogP contribution >= 0.6 is 11.6 Å². The Morgan fingerprint density at radius 2 is 2.12 bits per heavy atom. The van der Waals surface area contributed by atoms with Gasteiger partial charge in [-0.2, -0.15) is 0 Å². The third-order valence-corrected chi connectivity index (χ3v) is 2.22. The number of hydrogen-bond acceptors (Lipinski definition) is 3. The molecule has 0 unspecified atom stereocenters. The summed E-state index contributed by atoms with van der Waals surface area (Å²) in [6.45, 7) is -0.0334. The van der Waals surface area contributed by atoms with E-state index in [1.807, 2.05) is 0 Å². The number of halogens is 1. The van der Waals surface area contributed by atoms with Crippen molar-refractivity contribution in [1.29, 1.82) is 0 Å². The predicted molar refractivity (Wildman–Crippen MR) is 59.6 cm³/mol. The van der Waals surface area contributed by atoms with Gasteiger partial charge in [0, 0.05) is 10.7 Å². The first-order chi connectivity index (χ1) is 8.13. The van der Waals surface area contributed by atoms with Gasteiger partial charge in [0.15, 0.2) is 0 Å². The van der Waals surface area contributed by atoms with Crippen molar-refractivity contribution in [1.82, 2.24) is 5.27 Å². The number of H-pyrrole nitrogens is 1. The highest BCUT2D eigenvalue weighted by Gasteiger charge is 2.12. The van der Waals surface area contributed by atoms with Crippen LogP contribution in [0.3, 0.4) is 0 Å². The Balaban J connectivity index is 1.97. The molecule has 0 fully saturated rings. The molecule has 2 aromatic rings. The number of aromatic nitrogens is 2. The van der Waals surface area contributed by atoms with Crippen molar-refractivity contribution in [3.63, 3.8) is 0 Å².